The lowest BCUT2D eigenvalue weighted by atomic mass is 9.94. The summed E-state index contributed by atoms with van der Waals surface area (Å²) in [5.74, 6) is -0.490. The van der Waals surface area contributed by atoms with Crippen molar-refractivity contribution in [1.82, 2.24) is 10.2 Å². The van der Waals surface area contributed by atoms with Crippen LogP contribution in [0.25, 0.3) is 0 Å². The normalized spacial score (nSPS) is 17.5. The Bertz CT molecular complexity index is 928. The molecule has 0 radical (unpaired) electrons. The Morgan fingerprint density at radius 3 is 2.41 bits per heavy atom. The Kier molecular flexibility index (Phi) is 5.67. The molecule has 0 saturated carbocycles. The van der Waals surface area contributed by atoms with Crippen LogP contribution < -0.4 is 0 Å². The Morgan fingerprint density at radius 2 is 1.78 bits per heavy atom. The molecule has 5 nitrogen and oxygen atoms in total. The molecule has 1 aliphatic heterocycles. The number of hydrogen-bond donors (Lipinski definition) is 1. The summed E-state index contributed by atoms with van der Waals surface area (Å²) in [7, 11) is 1.61. The average Bonchev–Trinajstić information content (AvgIpc) is 2.86. The predicted molar refractivity (Wildman–Crippen MR) is 104 cm³/mol. The van der Waals surface area contributed by atoms with Crippen molar-refractivity contribution in [1.29, 1.82) is 0 Å². The van der Waals surface area contributed by atoms with Gasteiger partial charge in [-0.1, -0.05) is 58.7 Å². The van der Waals surface area contributed by atoms with E-state index in [1.165, 1.54) is 11.1 Å². The molecule has 1 atom stereocenters. The van der Waals surface area contributed by atoms with Gasteiger partial charge in [0.1, 0.15) is 0 Å². The first-order valence-electron chi connectivity index (χ1n) is 8.34. The van der Waals surface area contributed by atoms with E-state index in [1.54, 1.807) is 50.4 Å². The summed E-state index contributed by atoms with van der Waals surface area (Å²) in [5, 5.41) is 13.3. The van der Waals surface area contributed by atoms with Gasteiger partial charge in [0.05, 0.1) is 17.5 Å². The van der Waals surface area contributed by atoms with Gasteiger partial charge < -0.3 is 0 Å². The highest BCUT2D eigenvalue weighted by molar-refractivity contribution is 6.37. The lowest BCUT2D eigenvalue weighted by Crippen LogP contribution is -2.36. The van der Waals surface area contributed by atoms with Crippen LogP contribution >= 0.6 is 23.2 Å². The number of Topliss-reactive ketones (excluding diaryl/α,β-unsaturated/α-hetero) is 2. The van der Waals surface area contributed by atoms with Crippen LogP contribution in [0.3, 0.4) is 0 Å². The zero-order valence-electron chi connectivity index (χ0n) is 14.8. The molecule has 0 amide bonds. The van der Waals surface area contributed by atoms with Crippen LogP contribution in [-0.2, 0) is 0 Å². The molecule has 1 unspecified atom stereocenters. The molecule has 3 rings (SSSR count). The predicted octanol–water partition coefficient (Wildman–Crippen LogP) is 4.64. The van der Waals surface area contributed by atoms with Crippen molar-refractivity contribution in [2.45, 2.75) is 19.4 Å². The molecule has 0 bridgehead atoms. The van der Waals surface area contributed by atoms with Gasteiger partial charge in [-0.25, -0.2) is 0 Å². The summed E-state index contributed by atoms with van der Waals surface area (Å²) in [6.45, 7) is 1.69. The Labute approximate surface area is 167 Å². The van der Waals surface area contributed by atoms with Gasteiger partial charge in [0.25, 0.3) is 0 Å². The number of benzene rings is 2. The van der Waals surface area contributed by atoms with Crippen molar-refractivity contribution >= 4 is 34.8 Å². The number of hydrazine groups is 1. The zero-order valence-corrected chi connectivity index (χ0v) is 16.3. The summed E-state index contributed by atoms with van der Waals surface area (Å²) >= 11 is 12.1. The second-order valence-corrected chi connectivity index (χ2v) is 7.14. The van der Waals surface area contributed by atoms with E-state index in [4.69, 9.17) is 23.2 Å². The average molecular weight is 405 g/mol. The number of halogens is 2. The minimum atomic E-state index is -0.618. The molecular formula is C20H18Cl2N2O3. The van der Waals surface area contributed by atoms with Crippen molar-refractivity contribution in [3.63, 3.8) is 0 Å². The highest BCUT2D eigenvalue weighted by atomic mass is 35.5. The van der Waals surface area contributed by atoms with E-state index in [-0.39, 0.29) is 28.6 Å². The monoisotopic (exact) mass is 404 g/mol. The molecule has 1 heterocycles. The molecule has 0 aliphatic carbocycles. The first-order chi connectivity index (χ1) is 12.8. The molecule has 2 aromatic rings. The summed E-state index contributed by atoms with van der Waals surface area (Å²) in [6, 6.07) is 12.8. The maximum atomic E-state index is 13.1. The number of hydroxylamine groups is 1. The van der Waals surface area contributed by atoms with Gasteiger partial charge in [-0.3, -0.25) is 19.8 Å². The smallest absolute Gasteiger partial charge is 0.194 e. The summed E-state index contributed by atoms with van der Waals surface area (Å²) < 4.78 is 0. The highest BCUT2D eigenvalue weighted by Crippen LogP contribution is 2.34. The van der Waals surface area contributed by atoms with Crippen LogP contribution in [0.4, 0.5) is 0 Å². The molecule has 140 valence electrons. The summed E-state index contributed by atoms with van der Waals surface area (Å²) in [6.07, 6.45) is -0.0196. The van der Waals surface area contributed by atoms with Crippen molar-refractivity contribution < 1.29 is 14.8 Å². The van der Waals surface area contributed by atoms with Crippen LogP contribution in [0.1, 0.15) is 34.1 Å². The lowest BCUT2D eigenvalue weighted by molar-refractivity contribution is -0.222. The van der Waals surface area contributed by atoms with Gasteiger partial charge in [-0.2, -0.15) is 0 Å². The third-order valence-electron chi connectivity index (χ3n) is 4.62. The van der Waals surface area contributed by atoms with E-state index in [0.717, 1.165) is 5.17 Å². The SMILES string of the molecule is CC1C(C(=O)c2ccc(Cl)cc2Cl)=C(CC(=O)c2ccccc2)N(C)N1O. The second-order valence-electron chi connectivity index (χ2n) is 6.30. The van der Waals surface area contributed by atoms with Crippen molar-refractivity contribution in [2.24, 2.45) is 0 Å². The topological polar surface area (TPSA) is 60.9 Å². The van der Waals surface area contributed by atoms with E-state index >= 15 is 0 Å². The van der Waals surface area contributed by atoms with Crippen LogP contribution in [-0.4, -0.2) is 40.0 Å². The van der Waals surface area contributed by atoms with Crippen LogP contribution in [0.2, 0.25) is 10.0 Å². The second kappa shape index (κ2) is 7.82. The van der Waals surface area contributed by atoms with Gasteiger partial charge in [-0.05, 0) is 25.1 Å². The first kappa shape index (κ1) is 19.6. The van der Waals surface area contributed by atoms with Gasteiger partial charge in [-0.15, -0.1) is 0 Å². The van der Waals surface area contributed by atoms with Gasteiger partial charge in [0, 0.05) is 34.5 Å². The molecule has 0 aromatic heterocycles. The fourth-order valence-electron chi connectivity index (χ4n) is 3.14. The molecule has 27 heavy (non-hydrogen) atoms. The number of rotatable bonds is 5. The van der Waals surface area contributed by atoms with Gasteiger partial charge in [0.15, 0.2) is 11.6 Å². The van der Waals surface area contributed by atoms with Crippen LogP contribution in [0.15, 0.2) is 59.8 Å². The number of nitrogens with zero attached hydrogens (tertiary/aromatic N) is 2. The van der Waals surface area contributed by atoms with Gasteiger partial charge >= 0.3 is 0 Å². The zero-order chi connectivity index (χ0) is 19.7. The van der Waals surface area contributed by atoms with E-state index in [1.807, 2.05) is 6.07 Å². The molecule has 2 aromatic carbocycles. The molecule has 1 N–H and O–H groups in total. The Morgan fingerprint density at radius 1 is 1.11 bits per heavy atom. The summed E-state index contributed by atoms with van der Waals surface area (Å²) in [5.41, 5.74) is 1.58. The quantitative estimate of drug-likeness (QED) is 0.735. The molecule has 7 heteroatoms. The number of ketones is 2. The van der Waals surface area contributed by atoms with E-state index in [9.17, 15) is 14.8 Å². The number of carbonyl (C=O) groups excluding carboxylic acids is 2. The molecule has 1 aliphatic rings. The van der Waals surface area contributed by atoms with Crippen molar-refractivity contribution in [3.05, 3.63) is 81.0 Å². The van der Waals surface area contributed by atoms with Crippen molar-refractivity contribution in [3.8, 4) is 0 Å². The van der Waals surface area contributed by atoms with E-state index in [0.29, 0.717) is 21.9 Å². The van der Waals surface area contributed by atoms with Crippen LogP contribution in [0.5, 0.6) is 0 Å². The third kappa shape index (κ3) is 3.77. The number of allylic oxidation sites excluding steroid dienone is 1. The molecule has 0 fully saturated rings. The fraction of sp³-hybridized carbons (Fsp3) is 0.200. The minimum absolute atomic E-state index is 0.0196. The lowest BCUT2D eigenvalue weighted by Gasteiger charge is -2.24. The van der Waals surface area contributed by atoms with Gasteiger partial charge in [0.2, 0.25) is 0 Å². The largest absolute Gasteiger partial charge is 0.294 e. The molecular weight excluding hydrogens is 387 g/mol. The number of hydrogen-bond acceptors (Lipinski definition) is 5. The maximum Gasteiger partial charge on any atom is 0.194 e. The minimum Gasteiger partial charge on any atom is -0.294 e. The van der Waals surface area contributed by atoms with E-state index in [2.05, 4.69) is 0 Å². The first-order valence-corrected chi connectivity index (χ1v) is 9.09. The molecule has 0 saturated heterocycles. The van der Waals surface area contributed by atoms with E-state index < -0.39 is 6.04 Å². The summed E-state index contributed by atoms with van der Waals surface area (Å²) in [4.78, 5) is 25.8. The number of carbonyl (C=O) groups is 2. The molecule has 0 spiro atoms. The highest BCUT2D eigenvalue weighted by Gasteiger charge is 2.38. The Balaban J connectivity index is 2.01. The van der Waals surface area contributed by atoms with Crippen molar-refractivity contribution in [2.75, 3.05) is 7.05 Å². The van der Waals surface area contributed by atoms with Crippen LogP contribution in [0, 0.1) is 0 Å². The fourth-order valence-corrected chi connectivity index (χ4v) is 3.64. The third-order valence-corrected chi connectivity index (χ3v) is 5.17. The maximum absolute atomic E-state index is 13.1. The standard InChI is InChI=1S/C20H18Cl2N2O3/c1-12-19(20(26)15-9-8-14(21)10-16(15)22)17(23(2)24(12)27)11-18(25)13-6-4-3-5-7-13/h3-10,12,27H,11H2,1-2H3. The Hall–Kier alpha value is -2.18.